The second kappa shape index (κ2) is 8.83. The maximum Gasteiger partial charge on any atom is 0.451 e. The molecular formula is C18H19F6N5O2. The maximum atomic E-state index is 13.8. The Morgan fingerprint density at radius 2 is 1.90 bits per heavy atom. The van der Waals surface area contributed by atoms with Gasteiger partial charge in [0, 0.05) is 32.2 Å². The molecule has 7 nitrogen and oxygen atoms in total. The standard InChI is InChI=1S/C18H19F6N5O2/c1-31-8-11-6-29-15(26-27-17(29)18(22,23)24)7-28(11)16(30)4-10(25)2-9-3-13(20)14(21)5-12(9)19/h3,5,10-11H,2,4,6-8,25H2,1H3/t10-,11-/m1/s1. The van der Waals surface area contributed by atoms with Crippen molar-refractivity contribution in [1.82, 2.24) is 19.7 Å². The molecule has 0 bridgehead atoms. The molecule has 0 aliphatic carbocycles. The van der Waals surface area contributed by atoms with Gasteiger partial charge in [0.05, 0.1) is 19.2 Å². The Bertz CT molecular complexity index is 964. The fourth-order valence-corrected chi connectivity index (χ4v) is 3.49. The summed E-state index contributed by atoms with van der Waals surface area (Å²) in [7, 11) is 1.34. The van der Waals surface area contributed by atoms with Crippen molar-refractivity contribution in [3.63, 3.8) is 0 Å². The predicted molar refractivity (Wildman–Crippen MR) is 93.9 cm³/mol. The number of alkyl halides is 3. The lowest BCUT2D eigenvalue weighted by atomic mass is 10.0. The molecule has 0 saturated carbocycles. The molecule has 3 rings (SSSR count). The lowest BCUT2D eigenvalue weighted by molar-refractivity contribution is -0.149. The number of ether oxygens (including phenoxy) is 1. The van der Waals surface area contributed by atoms with E-state index >= 15 is 0 Å². The number of carbonyl (C=O) groups is 1. The van der Waals surface area contributed by atoms with Gasteiger partial charge in [0.15, 0.2) is 17.5 Å². The normalized spacial score (nSPS) is 17.5. The number of aromatic nitrogens is 3. The van der Waals surface area contributed by atoms with Gasteiger partial charge in [0.2, 0.25) is 11.7 Å². The molecule has 1 amide bonds. The number of hydrogen-bond acceptors (Lipinski definition) is 5. The summed E-state index contributed by atoms with van der Waals surface area (Å²) < 4.78 is 85.5. The molecule has 1 aliphatic heterocycles. The van der Waals surface area contributed by atoms with Crippen molar-refractivity contribution in [3.8, 4) is 0 Å². The number of nitrogens with zero attached hydrogens (tertiary/aromatic N) is 4. The van der Waals surface area contributed by atoms with Crippen molar-refractivity contribution in [2.24, 2.45) is 5.73 Å². The van der Waals surface area contributed by atoms with E-state index in [-0.39, 0.29) is 43.9 Å². The molecule has 1 aliphatic rings. The zero-order chi connectivity index (χ0) is 22.9. The molecule has 2 atom stereocenters. The number of amides is 1. The van der Waals surface area contributed by atoms with Crippen molar-refractivity contribution in [1.29, 1.82) is 0 Å². The van der Waals surface area contributed by atoms with E-state index in [1.807, 2.05) is 0 Å². The van der Waals surface area contributed by atoms with Crippen LogP contribution >= 0.6 is 0 Å². The van der Waals surface area contributed by atoms with E-state index in [4.69, 9.17) is 10.5 Å². The van der Waals surface area contributed by atoms with E-state index < -0.39 is 47.4 Å². The average Bonchev–Trinajstić information content (AvgIpc) is 3.09. The molecule has 1 aromatic carbocycles. The second-order valence-electron chi connectivity index (χ2n) is 7.21. The van der Waals surface area contributed by atoms with E-state index in [9.17, 15) is 31.1 Å². The molecule has 13 heteroatoms. The Labute approximate surface area is 172 Å². The largest absolute Gasteiger partial charge is 0.451 e. The van der Waals surface area contributed by atoms with Crippen LogP contribution in [0.15, 0.2) is 12.1 Å². The number of benzene rings is 1. The lowest BCUT2D eigenvalue weighted by Crippen LogP contribution is -2.50. The topological polar surface area (TPSA) is 86.3 Å². The van der Waals surface area contributed by atoms with Gasteiger partial charge in [-0.3, -0.25) is 4.79 Å². The third kappa shape index (κ3) is 4.98. The highest BCUT2D eigenvalue weighted by Gasteiger charge is 2.42. The van der Waals surface area contributed by atoms with Crippen LogP contribution in [0.4, 0.5) is 26.3 Å². The quantitative estimate of drug-likeness (QED) is 0.537. The van der Waals surface area contributed by atoms with Crippen LogP contribution in [0.3, 0.4) is 0 Å². The van der Waals surface area contributed by atoms with E-state index in [0.717, 1.165) is 4.57 Å². The van der Waals surface area contributed by atoms with Gasteiger partial charge >= 0.3 is 6.18 Å². The summed E-state index contributed by atoms with van der Waals surface area (Å²) in [6, 6.07) is -0.622. The smallest absolute Gasteiger partial charge is 0.382 e. The van der Waals surface area contributed by atoms with Crippen molar-refractivity contribution in [2.75, 3.05) is 13.7 Å². The molecule has 170 valence electrons. The first-order valence-electron chi connectivity index (χ1n) is 9.18. The van der Waals surface area contributed by atoms with Gasteiger partial charge in [-0.15, -0.1) is 10.2 Å². The van der Waals surface area contributed by atoms with Gasteiger partial charge in [0.1, 0.15) is 5.82 Å². The molecule has 0 radical (unpaired) electrons. The third-order valence-corrected chi connectivity index (χ3v) is 4.91. The Hall–Kier alpha value is -2.67. The monoisotopic (exact) mass is 451 g/mol. The van der Waals surface area contributed by atoms with E-state index in [1.165, 1.54) is 12.0 Å². The number of hydrogen-bond donors (Lipinski definition) is 1. The van der Waals surface area contributed by atoms with Gasteiger partial charge in [-0.25, -0.2) is 13.2 Å². The summed E-state index contributed by atoms with van der Waals surface area (Å²) >= 11 is 0. The highest BCUT2D eigenvalue weighted by atomic mass is 19.4. The first kappa shape index (κ1) is 23.0. The number of methoxy groups -OCH3 is 1. The van der Waals surface area contributed by atoms with E-state index in [1.54, 1.807) is 0 Å². The first-order chi connectivity index (χ1) is 14.5. The van der Waals surface area contributed by atoms with E-state index in [0.29, 0.717) is 12.1 Å². The van der Waals surface area contributed by atoms with Gasteiger partial charge in [-0.2, -0.15) is 13.2 Å². The van der Waals surface area contributed by atoms with Crippen LogP contribution in [0.25, 0.3) is 0 Å². The molecular weight excluding hydrogens is 432 g/mol. The molecule has 2 heterocycles. The first-order valence-corrected chi connectivity index (χ1v) is 9.18. The van der Waals surface area contributed by atoms with Crippen LogP contribution < -0.4 is 5.73 Å². The van der Waals surface area contributed by atoms with Crippen molar-refractivity contribution in [3.05, 3.63) is 46.8 Å². The van der Waals surface area contributed by atoms with Crippen molar-refractivity contribution >= 4 is 5.91 Å². The summed E-state index contributed by atoms with van der Waals surface area (Å²) in [6.45, 7) is -0.528. The van der Waals surface area contributed by atoms with Crippen LogP contribution in [0.1, 0.15) is 23.6 Å². The van der Waals surface area contributed by atoms with Crippen LogP contribution in [0, 0.1) is 17.5 Å². The summed E-state index contributed by atoms with van der Waals surface area (Å²) in [5.74, 6) is -5.32. The highest BCUT2D eigenvalue weighted by Crippen LogP contribution is 2.31. The fourth-order valence-electron chi connectivity index (χ4n) is 3.49. The van der Waals surface area contributed by atoms with Crippen LogP contribution in [-0.4, -0.2) is 51.4 Å². The zero-order valence-electron chi connectivity index (χ0n) is 16.3. The second-order valence-corrected chi connectivity index (χ2v) is 7.21. The minimum atomic E-state index is -4.70. The Morgan fingerprint density at radius 1 is 1.23 bits per heavy atom. The SMILES string of the molecule is COC[C@H]1Cn2c(nnc2C(F)(F)F)CN1C(=O)C[C@H](N)Cc1cc(F)c(F)cc1F. The number of rotatable bonds is 6. The summed E-state index contributed by atoms with van der Waals surface area (Å²) in [6.07, 6.45) is -5.25. The van der Waals surface area contributed by atoms with Crippen LogP contribution in [-0.2, 0) is 35.2 Å². The Morgan fingerprint density at radius 3 is 2.55 bits per heavy atom. The van der Waals surface area contributed by atoms with Crippen LogP contribution in [0.5, 0.6) is 0 Å². The molecule has 31 heavy (non-hydrogen) atoms. The molecule has 0 unspecified atom stereocenters. The molecule has 0 fully saturated rings. The van der Waals surface area contributed by atoms with Gasteiger partial charge < -0.3 is 19.9 Å². The van der Waals surface area contributed by atoms with Gasteiger partial charge in [-0.05, 0) is 18.1 Å². The molecule has 0 spiro atoms. The Balaban J connectivity index is 1.74. The van der Waals surface area contributed by atoms with Crippen molar-refractivity contribution in [2.45, 2.75) is 44.2 Å². The zero-order valence-corrected chi connectivity index (χ0v) is 16.3. The molecule has 2 N–H and O–H groups in total. The minimum Gasteiger partial charge on any atom is -0.382 e. The lowest BCUT2D eigenvalue weighted by Gasteiger charge is -2.36. The summed E-state index contributed by atoms with van der Waals surface area (Å²) in [4.78, 5) is 14.1. The van der Waals surface area contributed by atoms with Gasteiger partial charge in [0.25, 0.3) is 0 Å². The maximum absolute atomic E-state index is 13.8. The number of halogens is 6. The molecule has 1 aromatic heterocycles. The van der Waals surface area contributed by atoms with Crippen molar-refractivity contribution < 1.29 is 35.9 Å². The number of nitrogens with two attached hydrogens (primary N) is 1. The average molecular weight is 451 g/mol. The predicted octanol–water partition coefficient (Wildman–Crippen LogP) is 2.03. The molecule has 2 aromatic rings. The minimum absolute atomic E-state index is 0.0479. The highest BCUT2D eigenvalue weighted by molar-refractivity contribution is 5.77. The van der Waals surface area contributed by atoms with Crippen LogP contribution in [0.2, 0.25) is 0 Å². The van der Waals surface area contributed by atoms with E-state index in [2.05, 4.69) is 10.2 Å². The number of fused-ring (bicyclic) bond motifs is 1. The number of carbonyl (C=O) groups excluding carboxylic acids is 1. The third-order valence-electron chi connectivity index (χ3n) is 4.91. The summed E-state index contributed by atoms with van der Waals surface area (Å²) in [5, 5.41) is 6.70. The fraction of sp³-hybridized carbons (Fsp3) is 0.500. The molecule has 0 saturated heterocycles. The Kier molecular flexibility index (Phi) is 6.55. The van der Waals surface area contributed by atoms with Gasteiger partial charge in [-0.1, -0.05) is 0 Å². The summed E-state index contributed by atoms with van der Waals surface area (Å²) in [5.41, 5.74) is 5.71.